The van der Waals surface area contributed by atoms with Gasteiger partial charge >= 0.3 is 0 Å². The van der Waals surface area contributed by atoms with Crippen molar-refractivity contribution in [2.45, 2.75) is 33.2 Å². The van der Waals surface area contributed by atoms with E-state index in [1.54, 1.807) is 0 Å². The van der Waals surface area contributed by atoms with Crippen molar-refractivity contribution in [2.24, 2.45) is 0 Å². The van der Waals surface area contributed by atoms with Gasteiger partial charge in [-0.1, -0.05) is 90.5 Å². The molecular formula is C27H27N3O. The van der Waals surface area contributed by atoms with Crippen molar-refractivity contribution >= 4 is 11.6 Å². The van der Waals surface area contributed by atoms with E-state index in [4.69, 9.17) is 0 Å². The lowest BCUT2D eigenvalue weighted by molar-refractivity contribution is -0.116. The fourth-order valence-electron chi connectivity index (χ4n) is 3.88. The van der Waals surface area contributed by atoms with E-state index in [1.807, 2.05) is 79.2 Å². The first-order valence-electron chi connectivity index (χ1n) is 10.5. The number of amides is 1. The number of nitrogens with one attached hydrogen (secondary N) is 1. The Hall–Kier alpha value is -3.66. The van der Waals surface area contributed by atoms with Crippen LogP contribution in [0.5, 0.6) is 0 Å². The molecule has 0 aliphatic carbocycles. The molecule has 0 fully saturated rings. The molecule has 31 heavy (non-hydrogen) atoms. The SMILES string of the molecule is Cc1ccc(Cn2nc(C)c(NC(=O)C(c3ccccc3)c3ccccc3)c2C)cc1. The number of benzene rings is 3. The van der Waals surface area contributed by atoms with Crippen LogP contribution < -0.4 is 5.32 Å². The zero-order chi connectivity index (χ0) is 21.8. The van der Waals surface area contributed by atoms with Gasteiger partial charge in [0, 0.05) is 0 Å². The number of carbonyl (C=O) groups excluding carboxylic acids is 1. The molecule has 0 bridgehead atoms. The third kappa shape index (κ3) is 4.58. The Morgan fingerprint density at radius 1 is 0.839 bits per heavy atom. The summed E-state index contributed by atoms with van der Waals surface area (Å²) in [6, 6.07) is 28.2. The molecule has 3 aromatic carbocycles. The van der Waals surface area contributed by atoms with E-state index in [9.17, 15) is 4.79 Å². The highest BCUT2D eigenvalue weighted by molar-refractivity contribution is 5.99. The van der Waals surface area contributed by atoms with Gasteiger partial charge in [-0.05, 0) is 37.5 Å². The number of aromatic nitrogens is 2. The van der Waals surface area contributed by atoms with Crippen LogP contribution in [0.15, 0.2) is 84.9 Å². The molecule has 0 saturated heterocycles. The van der Waals surface area contributed by atoms with Crippen molar-refractivity contribution in [1.29, 1.82) is 0 Å². The minimum Gasteiger partial charge on any atom is -0.322 e. The highest BCUT2D eigenvalue weighted by Crippen LogP contribution is 2.28. The molecule has 0 spiro atoms. The van der Waals surface area contributed by atoms with Gasteiger partial charge in [0.25, 0.3) is 0 Å². The Kier molecular flexibility index (Phi) is 5.99. The number of hydrogen-bond donors (Lipinski definition) is 1. The largest absolute Gasteiger partial charge is 0.322 e. The quantitative estimate of drug-likeness (QED) is 0.449. The molecular weight excluding hydrogens is 382 g/mol. The zero-order valence-electron chi connectivity index (χ0n) is 18.2. The first-order valence-corrected chi connectivity index (χ1v) is 10.5. The van der Waals surface area contributed by atoms with Crippen molar-refractivity contribution in [2.75, 3.05) is 5.32 Å². The Morgan fingerprint density at radius 3 is 1.94 bits per heavy atom. The van der Waals surface area contributed by atoms with Crippen molar-refractivity contribution in [3.05, 3.63) is 119 Å². The standard InChI is InChI=1S/C27H27N3O/c1-19-14-16-22(17-15-19)18-30-21(3)26(20(2)29-30)28-27(31)25(23-10-6-4-7-11-23)24-12-8-5-9-13-24/h4-17,25H,18H2,1-3H3,(H,28,31). The van der Waals surface area contributed by atoms with Crippen LogP contribution in [0.1, 0.15) is 39.6 Å². The van der Waals surface area contributed by atoms with Crippen LogP contribution in [0.4, 0.5) is 5.69 Å². The summed E-state index contributed by atoms with van der Waals surface area (Å²) >= 11 is 0. The van der Waals surface area contributed by atoms with Crippen molar-refractivity contribution in [1.82, 2.24) is 9.78 Å². The average molecular weight is 410 g/mol. The normalized spacial score (nSPS) is 11.0. The second kappa shape index (κ2) is 9.00. The molecule has 1 heterocycles. The predicted molar refractivity (Wildman–Crippen MR) is 125 cm³/mol. The molecule has 0 radical (unpaired) electrons. The van der Waals surface area contributed by atoms with Gasteiger partial charge in [0.1, 0.15) is 0 Å². The number of aryl methyl sites for hydroxylation is 2. The van der Waals surface area contributed by atoms with Crippen molar-refractivity contribution in [3.8, 4) is 0 Å². The average Bonchev–Trinajstić information content (AvgIpc) is 3.04. The van der Waals surface area contributed by atoms with Crippen LogP contribution in [0, 0.1) is 20.8 Å². The van der Waals surface area contributed by atoms with Gasteiger partial charge in [0.05, 0.1) is 29.5 Å². The molecule has 4 rings (SSSR count). The summed E-state index contributed by atoms with van der Waals surface area (Å²) in [4.78, 5) is 13.5. The van der Waals surface area contributed by atoms with Gasteiger partial charge in [-0.3, -0.25) is 9.48 Å². The number of anilines is 1. The van der Waals surface area contributed by atoms with Crippen LogP contribution in [0.25, 0.3) is 0 Å². The maximum atomic E-state index is 13.5. The van der Waals surface area contributed by atoms with Crippen LogP contribution in [-0.2, 0) is 11.3 Å². The molecule has 0 aliphatic heterocycles. The van der Waals surface area contributed by atoms with Crippen molar-refractivity contribution < 1.29 is 4.79 Å². The van der Waals surface area contributed by atoms with Gasteiger partial charge < -0.3 is 5.32 Å². The number of carbonyl (C=O) groups is 1. The Morgan fingerprint density at radius 2 is 1.39 bits per heavy atom. The molecule has 1 N–H and O–H groups in total. The van der Waals surface area contributed by atoms with Crippen LogP contribution in [0.2, 0.25) is 0 Å². The maximum absolute atomic E-state index is 13.5. The smallest absolute Gasteiger partial charge is 0.236 e. The summed E-state index contributed by atoms with van der Waals surface area (Å²) in [7, 11) is 0. The first-order chi connectivity index (χ1) is 15.0. The summed E-state index contributed by atoms with van der Waals surface area (Å²) in [6.07, 6.45) is 0. The molecule has 0 aliphatic rings. The molecule has 4 nitrogen and oxygen atoms in total. The minimum atomic E-state index is -0.387. The monoisotopic (exact) mass is 409 g/mol. The number of rotatable bonds is 6. The molecule has 4 heteroatoms. The fourth-order valence-corrected chi connectivity index (χ4v) is 3.88. The molecule has 0 saturated carbocycles. The highest BCUT2D eigenvalue weighted by atomic mass is 16.1. The Bertz CT molecular complexity index is 1120. The van der Waals surface area contributed by atoms with E-state index in [1.165, 1.54) is 11.1 Å². The molecule has 1 aromatic heterocycles. The van der Waals surface area contributed by atoms with Gasteiger partial charge in [-0.25, -0.2) is 0 Å². The van der Waals surface area contributed by atoms with E-state index in [0.717, 1.165) is 28.2 Å². The first kappa shape index (κ1) is 20.6. The fraction of sp³-hybridized carbons (Fsp3) is 0.185. The number of nitrogens with zero attached hydrogens (tertiary/aromatic N) is 2. The van der Waals surface area contributed by atoms with Gasteiger partial charge in [-0.15, -0.1) is 0 Å². The van der Waals surface area contributed by atoms with E-state index in [2.05, 4.69) is 41.6 Å². The lowest BCUT2D eigenvalue weighted by Gasteiger charge is -2.18. The summed E-state index contributed by atoms with van der Waals surface area (Å²) in [5.41, 5.74) is 6.90. The number of hydrogen-bond acceptors (Lipinski definition) is 2. The summed E-state index contributed by atoms with van der Waals surface area (Å²) in [5.74, 6) is -0.444. The molecule has 156 valence electrons. The lowest BCUT2D eigenvalue weighted by Crippen LogP contribution is -2.23. The van der Waals surface area contributed by atoms with Gasteiger partial charge in [-0.2, -0.15) is 5.10 Å². The minimum absolute atomic E-state index is 0.0570. The predicted octanol–water partition coefficient (Wildman–Crippen LogP) is 5.63. The maximum Gasteiger partial charge on any atom is 0.236 e. The third-order valence-corrected chi connectivity index (χ3v) is 5.61. The van der Waals surface area contributed by atoms with Crippen LogP contribution in [0.3, 0.4) is 0 Å². The van der Waals surface area contributed by atoms with E-state index in [0.29, 0.717) is 6.54 Å². The second-order valence-electron chi connectivity index (χ2n) is 7.93. The van der Waals surface area contributed by atoms with E-state index < -0.39 is 0 Å². The van der Waals surface area contributed by atoms with E-state index >= 15 is 0 Å². The van der Waals surface area contributed by atoms with Gasteiger partial charge in [0.2, 0.25) is 5.91 Å². The summed E-state index contributed by atoms with van der Waals surface area (Å²) in [5, 5.41) is 7.86. The summed E-state index contributed by atoms with van der Waals surface area (Å²) in [6.45, 7) is 6.69. The second-order valence-corrected chi connectivity index (χ2v) is 7.93. The summed E-state index contributed by atoms with van der Waals surface area (Å²) < 4.78 is 1.95. The topological polar surface area (TPSA) is 46.9 Å². The van der Waals surface area contributed by atoms with Crippen LogP contribution in [-0.4, -0.2) is 15.7 Å². The van der Waals surface area contributed by atoms with E-state index in [-0.39, 0.29) is 11.8 Å². The third-order valence-electron chi connectivity index (χ3n) is 5.61. The Labute approximate surface area is 183 Å². The lowest BCUT2D eigenvalue weighted by atomic mass is 9.90. The zero-order valence-corrected chi connectivity index (χ0v) is 18.2. The molecule has 1 amide bonds. The van der Waals surface area contributed by atoms with Crippen LogP contribution >= 0.6 is 0 Å². The molecule has 0 unspecified atom stereocenters. The van der Waals surface area contributed by atoms with Gasteiger partial charge in [0.15, 0.2) is 0 Å². The Balaban J connectivity index is 1.62. The highest BCUT2D eigenvalue weighted by Gasteiger charge is 2.24. The molecule has 0 atom stereocenters. The van der Waals surface area contributed by atoms with Crippen molar-refractivity contribution in [3.63, 3.8) is 0 Å². The molecule has 4 aromatic rings.